The maximum absolute atomic E-state index is 12.2. The molecule has 0 amide bonds. The number of esters is 1. The number of halogens is 4. The summed E-state index contributed by atoms with van der Waals surface area (Å²) < 4.78 is 41.5. The summed E-state index contributed by atoms with van der Waals surface area (Å²) in [5, 5.41) is 11.3. The van der Waals surface area contributed by atoms with Crippen molar-refractivity contribution in [2.45, 2.75) is 19.1 Å². The maximum atomic E-state index is 12.2. The van der Waals surface area contributed by atoms with E-state index in [2.05, 4.69) is 5.32 Å². The van der Waals surface area contributed by atoms with Crippen molar-refractivity contribution in [3.8, 4) is 5.75 Å². The lowest BCUT2D eigenvalue weighted by Crippen LogP contribution is -2.36. The highest BCUT2D eigenvalue weighted by Gasteiger charge is 2.31. The molecule has 1 aromatic carbocycles. The molecule has 0 aromatic heterocycles. The fourth-order valence-electron chi connectivity index (χ4n) is 1.48. The molecule has 1 unspecified atom stereocenters. The van der Waals surface area contributed by atoms with Gasteiger partial charge in [0.15, 0.2) is 0 Å². The molecule has 112 valence electrons. The molecule has 1 aromatic rings. The Morgan fingerprint density at radius 3 is 2.65 bits per heavy atom. The largest absolute Gasteiger partial charge is 0.506 e. The average molecular weight is 312 g/mol. The first-order valence-corrected chi connectivity index (χ1v) is 6.07. The van der Waals surface area contributed by atoms with Gasteiger partial charge in [-0.2, -0.15) is 13.2 Å². The molecule has 4 nitrogen and oxygen atoms in total. The van der Waals surface area contributed by atoms with Gasteiger partial charge in [0.1, 0.15) is 11.8 Å². The van der Waals surface area contributed by atoms with Gasteiger partial charge in [0.25, 0.3) is 0 Å². The second-order valence-electron chi connectivity index (χ2n) is 3.89. The van der Waals surface area contributed by atoms with E-state index in [1.165, 1.54) is 18.2 Å². The Balaban J connectivity index is 2.96. The van der Waals surface area contributed by atoms with Crippen LogP contribution in [0.3, 0.4) is 0 Å². The SMILES string of the molecule is CCOC(=O)C(NCC(F)(F)F)c1ccc(O)c(Cl)c1. The standard InChI is InChI=1S/C12H13ClF3NO3/c1-2-20-11(19)10(17-6-12(14,15)16)7-3-4-9(18)8(13)5-7/h3-5,10,17-18H,2,6H2,1H3. The molecule has 2 N–H and O–H groups in total. The Hall–Kier alpha value is -1.47. The van der Waals surface area contributed by atoms with Gasteiger partial charge >= 0.3 is 12.1 Å². The number of aromatic hydroxyl groups is 1. The summed E-state index contributed by atoms with van der Waals surface area (Å²) in [5.41, 5.74) is 0.176. The van der Waals surface area contributed by atoms with E-state index >= 15 is 0 Å². The molecule has 0 aliphatic carbocycles. The Kier molecular flexibility index (Phi) is 5.64. The van der Waals surface area contributed by atoms with Crippen molar-refractivity contribution in [1.82, 2.24) is 5.32 Å². The topological polar surface area (TPSA) is 58.6 Å². The van der Waals surface area contributed by atoms with Crippen LogP contribution in [0.4, 0.5) is 13.2 Å². The number of carbonyl (C=O) groups excluding carboxylic acids is 1. The highest BCUT2D eigenvalue weighted by molar-refractivity contribution is 6.32. The summed E-state index contributed by atoms with van der Waals surface area (Å²) >= 11 is 5.68. The number of hydrogen-bond acceptors (Lipinski definition) is 4. The van der Waals surface area contributed by atoms with Gasteiger partial charge in [0.2, 0.25) is 0 Å². The third-order valence-corrected chi connectivity index (χ3v) is 2.64. The van der Waals surface area contributed by atoms with E-state index in [0.717, 1.165) is 0 Å². The fourth-order valence-corrected chi connectivity index (χ4v) is 1.67. The quantitative estimate of drug-likeness (QED) is 0.821. The van der Waals surface area contributed by atoms with E-state index in [4.69, 9.17) is 16.3 Å². The first-order chi connectivity index (χ1) is 9.24. The van der Waals surface area contributed by atoms with E-state index in [0.29, 0.717) is 0 Å². The van der Waals surface area contributed by atoms with Crippen LogP contribution in [0.2, 0.25) is 5.02 Å². The number of benzene rings is 1. The van der Waals surface area contributed by atoms with Crippen LogP contribution < -0.4 is 5.32 Å². The van der Waals surface area contributed by atoms with Gasteiger partial charge in [-0.15, -0.1) is 0 Å². The van der Waals surface area contributed by atoms with Gasteiger partial charge in [-0.1, -0.05) is 17.7 Å². The van der Waals surface area contributed by atoms with Crippen molar-refractivity contribution < 1.29 is 27.8 Å². The van der Waals surface area contributed by atoms with Crippen molar-refractivity contribution >= 4 is 17.6 Å². The molecular weight excluding hydrogens is 299 g/mol. The highest BCUT2D eigenvalue weighted by Crippen LogP contribution is 2.27. The lowest BCUT2D eigenvalue weighted by molar-refractivity contribution is -0.149. The minimum absolute atomic E-state index is 0.0366. The lowest BCUT2D eigenvalue weighted by atomic mass is 10.1. The van der Waals surface area contributed by atoms with Crippen molar-refractivity contribution in [3.05, 3.63) is 28.8 Å². The van der Waals surface area contributed by atoms with E-state index in [9.17, 15) is 23.1 Å². The number of rotatable bonds is 5. The van der Waals surface area contributed by atoms with Crippen LogP contribution in [-0.2, 0) is 9.53 Å². The van der Waals surface area contributed by atoms with Crippen LogP contribution >= 0.6 is 11.6 Å². The van der Waals surface area contributed by atoms with Crippen LogP contribution in [-0.4, -0.2) is 30.4 Å². The van der Waals surface area contributed by atoms with Crippen molar-refractivity contribution in [2.24, 2.45) is 0 Å². The molecule has 1 rings (SSSR count). The molecule has 0 saturated carbocycles. The third-order valence-electron chi connectivity index (χ3n) is 2.33. The predicted octanol–water partition coefficient (Wildman–Crippen LogP) is 2.80. The zero-order chi connectivity index (χ0) is 15.3. The number of phenols is 1. The summed E-state index contributed by atoms with van der Waals surface area (Å²) in [7, 11) is 0. The summed E-state index contributed by atoms with van der Waals surface area (Å²) in [6, 6.07) is 2.39. The number of nitrogens with one attached hydrogen (secondary N) is 1. The minimum Gasteiger partial charge on any atom is -0.506 e. The molecular formula is C12H13ClF3NO3. The van der Waals surface area contributed by atoms with Crippen molar-refractivity contribution in [1.29, 1.82) is 0 Å². The number of ether oxygens (including phenoxy) is 1. The van der Waals surface area contributed by atoms with Crippen molar-refractivity contribution in [3.63, 3.8) is 0 Å². The zero-order valence-electron chi connectivity index (χ0n) is 10.5. The first kappa shape index (κ1) is 16.6. The molecule has 1 atom stereocenters. The Morgan fingerprint density at radius 1 is 1.50 bits per heavy atom. The molecule has 0 aliphatic heterocycles. The smallest absolute Gasteiger partial charge is 0.401 e. The average Bonchev–Trinajstić information content (AvgIpc) is 2.32. The lowest BCUT2D eigenvalue weighted by Gasteiger charge is -2.19. The van der Waals surface area contributed by atoms with Gasteiger partial charge in [-0.05, 0) is 24.6 Å². The Labute approximate surface area is 118 Å². The molecule has 0 fully saturated rings. The molecule has 0 bridgehead atoms. The summed E-state index contributed by atoms with van der Waals surface area (Å²) in [6.07, 6.45) is -4.47. The normalized spacial score (nSPS) is 13.1. The van der Waals surface area contributed by atoms with Crippen LogP contribution in [0.25, 0.3) is 0 Å². The molecule has 20 heavy (non-hydrogen) atoms. The first-order valence-electron chi connectivity index (χ1n) is 5.69. The second-order valence-corrected chi connectivity index (χ2v) is 4.30. The predicted molar refractivity (Wildman–Crippen MR) is 66.5 cm³/mol. The van der Waals surface area contributed by atoms with Crippen LogP contribution in [0.5, 0.6) is 5.75 Å². The van der Waals surface area contributed by atoms with Gasteiger partial charge in [-0.3, -0.25) is 5.32 Å². The maximum Gasteiger partial charge on any atom is 0.401 e. The minimum atomic E-state index is -4.47. The Bertz CT molecular complexity index is 480. The molecule has 0 spiro atoms. The molecule has 0 radical (unpaired) electrons. The van der Waals surface area contributed by atoms with E-state index in [1.807, 2.05) is 0 Å². The monoisotopic (exact) mass is 311 g/mol. The van der Waals surface area contributed by atoms with E-state index in [1.54, 1.807) is 6.92 Å². The van der Waals surface area contributed by atoms with Gasteiger partial charge in [-0.25, -0.2) is 4.79 Å². The Morgan fingerprint density at radius 2 is 2.15 bits per heavy atom. The number of carbonyl (C=O) groups is 1. The van der Waals surface area contributed by atoms with Crippen LogP contribution in [0.15, 0.2) is 18.2 Å². The number of alkyl halides is 3. The summed E-state index contributed by atoms with van der Waals surface area (Å²) in [4.78, 5) is 11.7. The van der Waals surface area contributed by atoms with E-state index < -0.39 is 24.7 Å². The molecule has 0 saturated heterocycles. The highest BCUT2D eigenvalue weighted by atomic mass is 35.5. The van der Waals surface area contributed by atoms with Gasteiger partial charge in [0, 0.05) is 0 Å². The summed E-state index contributed by atoms with van der Waals surface area (Å²) in [6.45, 7) is 0.229. The van der Waals surface area contributed by atoms with Crippen LogP contribution in [0.1, 0.15) is 18.5 Å². The molecule has 0 aliphatic rings. The van der Waals surface area contributed by atoms with Crippen molar-refractivity contribution in [2.75, 3.05) is 13.2 Å². The van der Waals surface area contributed by atoms with E-state index in [-0.39, 0.29) is 22.9 Å². The fraction of sp³-hybridized carbons (Fsp3) is 0.417. The van der Waals surface area contributed by atoms with Gasteiger partial charge < -0.3 is 9.84 Å². The summed E-state index contributed by atoms with van der Waals surface area (Å²) in [5.74, 6) is -1.08. The number of hydrogen-bond donors (Lipinski definition) is 2. The molecule has 0 heterocycles. The third kappa shape index (κ3) is 4.90. The number of phenolic OH excluding ortho intramolecular Hbond substituents is 1. The van der Waals surface area contributed by atoms with Gasteiger partial charge in [0.05, 0.1) is 18.2 Å². The molecule has 8 heteroatoms. The zero-order valence-corrected chi connectivity index (χ0v) is 11.3. The second kappa shape index (κ2) is 6.81. The van der Waals surface area contributed by atoms with Crippen LogP contribution in [0, 0.1) is 0 Å².